The lowest BCUT2D eigenvalue weighted by Crippen LogP contribution is -1.97. The minimum atomic E-state index is -0.499. The van der Waals surface area contributed by atoms with Crippen molar-refractivity contribution < 1.29 is 4.92 Å². The molecule has 0 atom stereocenters. The summed E-state index contributed by atoms with van der Waals surface area (Å²) in [6.07, 6.45) is 3.15. The van der Waals surface area contributed by atoms with Crippen molar-refractivity contribution in [1.29, 1.82) is 0 Å². The standard InChI is InChI=1S/C10H8N4O2S/c11-7-3-1-4-8(9(7)14(15)16)17-10-12-5-2-6-13-10/h1-6H,11H2. The Hall–Kier alpha value is -2.15. The molecule has 0 saturated heterocycles. The Bertz CT molecular complexity index is 547. The molecule has 0 aliphatic carbocycles. The van der Waals surface area contributed by atoms with Crippen LogP contribution in [-0.2, 0) is 0 Å². The van der Waals surface area contributed by atoms with Crippen molar-refractivity contribution in [3.05, 3.63) is 46.8 Å². The van der Waals surface area contributed by atoms with Gasteiger partial charge in [0.25, 0.3) is 0 Å². The van der Waals surface area contributed by atoms with Gasteiger partial charge in [0, 0.05) is 12.4 Å². The summed E-state index contributed by atoms with van der Waals surface area (Å²) in [7, 11) is 0. The van der Waals surface area contributed by atoms with Crippen LogP contribution >= 0.6 is 11.8 Å². The SMILES string of the molecule is Nc1cccc(Sc2ncccn2)c1[N+](=O)[O-]. The van der Waals surface area contributed by atoms with Gasteiger partial charge in [-0.05, 0) is 30.0 Å². The topological polar surface area (TPSA) is 94.9 Å². The van der Waals surface area contributed by atoms with E-state index in [4.69, 9.17) is 5.73 Å². The van der Waals surface area contributed by atoms with Crippen molar-refractivity contribution in [2.24, 2.45) is 0 Å². The van der Waals surface area contributed by atoms with Gasteiger partial charge in [0.2, 0.25) is 0 Å². The van der Waals surface area contributed by atoms with Crippen LogP contribution in [0.1, 0.15) is 0 Å². The molecule has 1 heterocycles. The maximum atomic E-state index is 10.9. The van der Waals surface area contributed by atoms with Crippen molar-refractivity contribution in [1.82, 2.24) is 9.97 Å². The van der Waals surface area contributed by atoms with Crippen molar-refractivity contribution >= 4 is 23.1 Å². The van der Waals surface area contributed by atoms with Gasteiger partial charge in [0.05, 0.1) is 9.82 Å². The number of anilines is 1. The first-order chi connectivity index (χ1) is 8.18. The maximum Gasteiger partial charge on any atom is 0.306 e. The second-order valence-corrected chi connectivity index (χ2v) is 4.09. The summed E-state index contributed by atoms with van der Waals surface area (Å²) in [5, 5.41) is 11.3. The second kappa shape index (κ2) is 4.79. The van der Waals surface area contributed by atoms with E-state index in [9.17, 15) is 10.1 Å². The number of rotatable bonds is 3. The van der Waals surface area contributed by atoms with Crippen molar-refractivity contribution in [2.75, 3.05) is 5.73 Å². The third-order valence-electron chi connectivity index (χ3n) is 1.96. The number of para-hydroxylation sites is 1. The molecule has 0 bridgehead atoms. The van der Waals surface area contributed by atoms with Crippen molar-refractivity contribution in [3.8, 4) is 0 Å². The van der Waals surface area contributed by atoms with E-state index in [2.05, 4.69) is 9.97 Å². The first-order valence-corrected chi connectivity index (χ1v) is 5.48. The number of nitrogen functional groups attached to an aromatic ring is 1. The number of hydrogen-bond donors (Lipinski definition) is 1. The van der Waals surface area contributed by atoms with Gasteiger partial charge < -0.3 is 5.73 Å². The normalized spacial score (nSPS) is 10.1. The molecule has 0 amide bonds. The number of nitro groups is 1. The van der Waals surface area contributed by atoms with Gasteiger partial charge in [-0.25, -0.2) is 9.97 Å². The number of aromatic nitrogens is 2. The molecular formula is C10H8N4O2S. The van der Waals surface area contributed by atoms with E-state index in [0.29, 0.717) is 10.1 Å². The van der Waals surface area contributed by atoms with Crippen LogP contribution in [0.5, 0.6) is 0 Å². The third kappa shape index (κ3) is 2.51. The molecule has 1 aromatic heterocycles. The van der Waals surface area contributed by atoms with E-state index >= 15 is 0 Å². The predicted octanol–water partition coefficient (Wildman–Crippen LogP) is 2.12. The van der Waals surface area contributed by atoms with Gasteiger partial charge >= 0.3 is 5.69 Å². The van der Waals surface area contributed by atoms with Crippen LogP contribution in [0.25, 0.3) is 0 Å². The average molecular weight is 248 g/mol. The molecule has 0 aliphatic heterocycles. The monoisotopic (exact) mass is 248 g/mol. The number of nitrogens with two attached hydrogens (primary N) is 1. The largest absolute Gasteiger partial charge is 0.393 e. The lowest BCUT2D eigenvalue weighted by Gasteiger charge is -2.03. The Morgan fingerprint density at radius 2 is 1.94 bits per heavy atom. The number of benzene rings is 1. The van der Waals surface area contributed by atoms with E-state index < -0.39 is 4.92 Å². The molecule has 2 aromatic rings. The highest BCUT2D eigenvalue weighted by Crippen LogP contribution is 2.36. The molecule has 0 saturated carbocycles. The molecule has 2 N–H and O–H groups in total. The summed E-state index contributed by atoms with van der Waals surface area (Å²) in [6.45, 7) is 0. The van der Waals surface area contributed by atoms with Crippen LogP contribution in [0.3, 0.4) is 0 Å². The second-order valence-electron chi connectivity index (χ2n) is 3.08. The molecule has 0 unspecified atom stereocenters. The summed E-state index contributed by atoms with van der Waals surface area (Å²) >= 11 is 1.11. The van der Waals surface area contributed by atoms with Crippen LogP contribution in [0.2, 0.25) is 0 Å². The van der Waals surface area contributed by atoms with E-state index in [1.807, 2.05) is 0 Å². The fourth-order valence-corrected chi connectivity index (χ4v) is 2.11. The average Bonchev–Trinajstić information content (AvgIpc) is 2.30. The Labute approximate surface area is 101 Å². The van der Waals surface area contributed by atoms with E-state index in [1.54, 1.807) is 30.6 Å². The Morgan fingerprint density at radius 1 is 1.24 bits per heavy atom. The smallest absolute Gasteiger partial charge is 0.306 e. The van der Waals surface area contributed by atoms with Crippen LogP contribution in [0.15, 0.2) is 46.7 Å². The highest BCUT2D eigenvalue weighted by atomic mass is 32.2. The lowest BCUT2D eigenvalue weighted by atomic mass is 10.3. The zero-order valence-corrected chi connectivity index (χ0v) is 9.42. The summed E-state index contributed by atoms with van der Waals surface area (Å²) in [5.74, 6) is 0. The lowest BCUT2D eigenvalue weighted by molar-refractivity contribution is -0.386. The van der Waals surface area contributed by atoms with Gasteiger partial charge in [-0.1, -0.05) is 6.07 Å². The minimum Gasteiger partial charge on any atom is -0.393 e. The zero-order valence-electron chi connectivity index (χ0n) is 8.61. The quantitative estimate of drug-likeness (QED) is 0.387. The number of hydrogen-bond acceptors (Lipinski definition) is 6. The zero-order chi connectivity index (χ0) is 12.3. The van der Waals surface area contributed by atoms with Crippen LogP contribution in [0.4, 0.5) is 11.4 Å². The summed E-state index contributed by atoms with van der Waals surface area (Å²) in [6, 6.07) is 6.45. The molecule has 0 aliphatic rings. The fraction of sp³-hybridized carbons (Fsp3) is 0. The highest BCUT2D eigenvalue weighted by molar-refractivity contribution is 7.99. The molecule has 1 aromatic carbocycles. The predicted molar refractivity (Wildman–Crippen MR) is 63.7 cm³/mol. The first kappa shape index (κ1) is 11.3. The van der Waals surface area contributed by atoms with Gasteiger partial charge in [-0.15, -0.1) is 0 Å². The van der Waals surface area contributed by atoms with Gasteiger partial charge in [0.1, 0.15) is 5.69 Å². The molecule has 6 nitrogen and oxygen atoms in total. The Balaban J connectivity index is 2.40. The fourth-order valence-electron chi connectivity index (χ4n) is 1.25. The van der Waals surface area contributed by atoms with Crippen LogP contribution < -0.4 is 5.73 Å². The van der Waals surface area contributed by atoms with E-state index in [0.717, 1.165) is 11.8 Å². The van der Waals surface area contributed by atoms with Gasteiger partial charge in [0.15, 0.2) is 5.16 Å². The minimum absolute atomic E-state index is 0.107. The number of nitro benzene ring substituents is 1. The van der Waals surface area contributed by atoms with Crippen molar-refractivity contribution in [2.45, 2.75) is 10.1 Å². The Kier molecular flexibility index (Phi) is 3.20. The maximum absolute atomic E-state index is 10.9. The summed E-state index contributed by atoms with van der Waals surface area (Å²) in [4.78, 5) is 18.8. The van der Waals surface area contributed by atoms with Gasteiger partial charge in [-0.3, -0.25) is 10.1 Å². The first-order valence-electron chi connectivity index (χ1n) is 4.66. The summed E-state index contributed by atoms with van der Waals surface area (Å²) in [5.41, 5.74) is 5.61. The number of nitrogens with zero attached hydrogens (tertiary/aromatic N) is 3. The summed E-state index contributed by atoms with van der Waals surface area (Å²) < 4.78 is 0. The molecule has 86 valence electrons. The molecule has 2 rings (SSSR count). The van der Waals surface area contributed by atoms with Crippen LogP contribution in [-0.4, -0.2) is 14.9 Å². The molecule has 17 heavy (non-hydrogen) atoms. The highest BCUT2D eigenvalue weighted by Gasteiger charge is 2.19. The van der Waals surface area contributed by atoms with Crippen LogP contribution in [0, 0.1) is 10.1 Å². The molecule has 0 fully saturated rings. The third-order valence-corrected chi connectivity index (χ3v) is 2.90. The van der Waals surface area contributed by atoms with E-state index in [-0.39, 0.29) is 11.4 Å². The molecular weight excluding hydrogens is 240 g/mol. The molecule has 0 radical (unpaired) electrons. The molecule has 7 heteroatoms. The van der Waals surface area contributed by atoms with Crippen molar-refractivity contribution in [3.63, 3.8) is 0 Å². The Morgan fingerprint density at radius 3 is 2.59 bits per heavy atom. The van der Waals surface area contributed by atoms with Gasteiger partial charge in [-0.2, -0.15) is 0 Å². The molecule has 0 spiro atoms. The van der Waals surface area contributed by atoms with E-state index in [1.165, 1.54) is 6.07 Å².